The molecule has 0 saturated carbocycles. The van der Waals surface area contributed by atoms with Crippen molar-refractivity contribution in [2.24, 2.45) is 5.41 Å². The van der Waals surface area contributed by atoms with Crippen molar-refractivity contribution in [1.82, 2.24) is 10.2 Å². The molecule has 0 aromatic heterocycles. The van der Waals surface area contributed by atoms with E-state index >= 15 is 0 Å². The molecule has 4 heteroatoms. The van der Waals surface area contributed by atoms with Crippen LogP contribution in [0.4, 0.5) is 0 Å². The molecular weight excluding hydrogens is 190 g/mol. The standard InChI is InChI=1S/C11H19N3O/c1-11(2,9-12)10(15)13-5-8-14-6-3-4-7-14/h3-8H2,1-2H3,(H,13,15). The van der Waals surface area contributed by atoms with E-state index in [1.165, 1.54) is 12.8 Å². The van der Waals surface area contributed by atoms with Crippen LogP contribution in [0.1, 0.15) is 26.7 Å². The van der Waals surface area contributed by atoms with E-state index in [0.717, 1.165) is 19.6 Å². The van der Waals surface area contributed by atoms with Gasteiger partial charge in [0.05, 0.1) is 6.07 Å². The monoisotopic (exact) mass is 209 g/mol. The van der Waals surface area contributed by atoms with Crippen LogP contribution >= 0.6 is 0 Å². The molecule has 0 unspecified atom stereocenters. The lowest BCUT2D eigenvalue weighted by Crippen LogP contribution is -2.40. The number of carbonyl (C=O) groups excluding carboxylic acids is 1. The lowest BCUT2D eigenvalue weighted by atomic mass is 9.95. The second-order valence-electron chi connectivity index (χ2n) is 4.54. The molecule has 1 rings (SSSR count). The van der Waals surface area contributed by atoms with Crippen LogP contribution in [0.25, 0.3) is 0 Å². The summed E-state index contributed by atoms with van der Waals surface area (Å²) in [5.41, 5.74) is -0.912. The van der Waals surface area contributed by atoms with Crippen molar-refractivity contribution in [3.05, 3.63) is 0 Å². The van der Waals surface area contributed by atoms with Crippen molar-refractivity contribution in [1.29, 1.82) is 5.26 Å². The predicted molar refractivity (Wildman–Crippen MR) is 58.1 cm³/mol. The van der Waals surface area contributed by atoms with Gasteiger partial charge in [0.1, 0.15) is 5.41 Å². The summed E-state index contributed by atoms with van der Waals surface area (Å²) in [5, 5.41) is 11.6. The van der Waals surface area contributed by atoms with E-state index < -0.39 is 5.41 Å². The van der Waals surface area contributed by atoms with Crippen LogP contribution in [0.5, 0.6) is 0 Å². The molecular formula is C11H19N3O. The Kier molecular flexibility index (Phi) is 4.10. The summed E-state index contributed by atoms with van der Waals surface area (Å²) in [7, 11) is 0. The normalized spacial score (nSPS) is 17.4. The number of nitrogens with zero attached hydrogens (tertiary/aromatic N) is 2. The molecule has 0 bridgehead atoms. The van der Waals surface area contributed by atoms with Crippen LogP contribution in [0.15, 0.2) is 0 Å². The zero-order valence-electron chi connectivity index (χ0n) is 9.55. The molecule has 4 nitrogen and oxygen atoms in total. The van der Waals surface area contributed by atoms with Crippen LogP contribution in [-0.4, -0.2) is 37.0 Å². The summed E-state index contributed by atoms with van der Waals surface area (Å²) < 4.78 is 0. The fourth-order valence-corrected chi connectivity index (χ4v) is 1.61. The summed E-state index contributed by atoms with van der Waals surface area (Å²) >= 11 is 0. The Balaban J connectivity index is 2.20. The van der Waals surface area contributed by atoms with E-state index in [0.29, 0.717) is 6.54 Å². The Morgan fingerprint density at radius 2 is 2.07 bits per heavy atom. The van der Waals surface area contributed by atoms with Gasteiger partial charge in [0.25, 0.3) is 0 Å². The molecule has 1 fully saturated rings. The molecule has 1 saturated heterocycles. The molecule has 0 radical (unpaired) electrons. The van der Waals surface area contributed by atoms with Crippen LogP contribution in [0.3, 0.4) is 0 Å². The van der Waals surface area contributed by atoms with Crippen molar-refractivity contribution in [3.63, 3.8) is 0 Å². The summed E-state index contributed by atoms with van der Waals surface area (Å²) in [4.78, 5) is 13.9. The Bertz CT molecular complexity index is 261. The Morgan fingerprint density at radius 3 is 2.60 bits per heavy atom. The highest BCUT2D eigenvalue weighted by molar-refractivity contribution is 5.84. The zero-order valence-corrected chi connectivity index (χ0v) is 9.55. The molecule has 1 aliphatic heterocycles. The van der Waals surface area contributed by atoms with Crippen LogP contribution in [0.2, 0.25) is 0 Å². The van der Waals surface area contributed by atoms with Gasteiger partial charge in [-0.25, -0.2) is 0 Å². The van der Waals surface area contributed by atoms with Crippen molar-refractivity contribution in [2.45, 2.75) is 26.7 Å². The highest BCUT2D eigenvalue weighted by Gasteiger charge is 2.26. The summed E-state index contributed by atoms with van der Waals surface area (Å²) in [6.45, 7) is 7.09. The highest BCUT2D eigenvalue weighted by atomic mass is 16.2. The number of nitriles is 1. The average molecular weight is 209 g/mol. The van der Waals surface area contributed by atoms with Crippen molar-refractivity contribution >= 4 is 5.91 Å². The highest BCUT2D eigenvalue weighted by Crippen LogP contribution is 2.12. The fraction of sp³-hybridized carbons (Fsp3) is 0.818. The number of carbonyl (C=O) groups is 1. The van der Waals surface area contributed by atoms with E-state index in [2.05, 4.69) is 10.2 Å². The number of hydrogen-bond acceptors (Lipinski definition) is 3. The zero-order chi connectivity index (χ0) is 11.3. The number of rotatable bonds is 4. The van der Waals surface area contributed by atoms with Gasteiger partial charge < -0.3 is 10.2 Å². The van der Waals surface area contributed by atoms with Gasteiger partial charge in [0.15, 0.2) is 0 Å². The quantitative estimate of drug-likeness (QED) is 0.743. The molecule has 0 aromatic carbocycles. The maximum atomic E-state index is 11.5. The molecule has 0 atom stereocenters. The van der Waals surface area contributed by atoms with Gasteiger partial charge in [0.2, 0.25) is 5.91 Å². The van der Waals surface area contributed by atoms with E-state index in [9.17, 15) is 4.79 Å². The molecule has 0 aromatic rings. The van der Waals surface area contributed by atoms with Gasteiger partial charge >= 0.3 is 0 Å². The summed E-state index contributed by atoms with van der Waals surface area (Å²) in [6, 6.07) is 1.99. The largest absolute Gasteiger partial charge is 0.353 e. The van der Waals surface area contributed by atoms with Gasteiger partial charge in [-0.3, -0.25) is 4.79 Å². The first-order valence-electron chi connectivity index (χ1n) is 5.48. The molecule has 1 N–H and O–H groups in total. The minimum atomic E-state index is -0.912. The van der Waals surface area contributed by atoms with Crippen LogP contribution in [0, 0.1) is 16.7 Å². The molecule has 1 aliphatic rings. The van der Waals surface area contributed by atoms with E-state index in [-0.39, 0.29) is 5.91 Å². The third-order valence-corrected chi connectivity index (χ3v) is 2.76. The Labute approximate surface area is 91.2 Å². The lowest BCUT2D eigenvalue weighted by molar-refractivity contribution is -0.126. The molecule has 0 spiro atoms. The molecule has 1 amide bonds. The second-order valence-corrected chi connectivity index (χ2v) is 4.54. The van der Waals surface area contributed by atoms with Gasteiger partial charge in [0, 0.05) is 13.1 Å². The van der Waals surface area contributed by atoms with E-state index in [1.807, 2.05) is 6.07 Å². The third kappa shape index (κ3) is 3.52. The molecule has 15 heavy (non-hydrogen) atoms. The van der Waals surface area contributed by atoms with Crippen LogP contribution < -0.4 is 5.32 Å². The first-order chi connectivity index (χ1) is 7.06. The van der Waals surface area contributed by atoms with E-state index in [4.69, 9.17) is 5.26 Å². The molecule has 84 valence electrons. The first kappa shape index (κ1) is 12.0. The molecule has 1 heterocycles. The number of nitrogens with one attached hydrogen (secondary N) is 1. The van der Waals surface area contributed by atoms with Gasteiger partial charge in [-0.1, -0.05) is 0 Å². The number of likely N-dealkylation sites (tertiary alicyclic amines) is 1. The minimum Gasteiger partial charge on any atom is -0.353 e. The minimum absolute atomic E-state index is 0.177. The smallest absolute Gasteiger partial charge is 0.239 e. The maximum Gasteiger partial charge on any atom is 0.239 e. The van der Waals surface area contributed by atoms with Gasteiger partial charge in [-0.2, -0.15) is 5.26 Å². The van der Waals surface area contributed by atoms with Crippen molar-refractivity contribution in [2.75, 3.05) is 26.2 Å². The Hall–Kier alpha value is -1.08. The van der Waals surface area contributed by atoms with Gasteiger partial charge in [-0.05, 0) is 39.8 Å². The van der Waals surface area contributed by atoms with Gasteiger partial charge in [-0.15, -0.1) is 0 Å². The number of amides is 1. The predicted octanol–water partition coefficient (Wildman–Crippen LogP) is 0.748. The maximum absolute atomic E-state index is 11.5. The average Bonchev–Trinajstić information content (AvgIpc) is 2.70. The lowest BCUT2D eigenvalue weighted by Gasteiger charge is -2.18. The van der Waals surface area contributed by atoms with E-state index in [1.54, 1.807) is 13.8 Å². The first-order valence-corrected chi connectivity index (χ1v) is 5.48. The summed E-state index contributed by atoms with van der Waals surface area (Å²) in [5.74, 6) is -0.177. The topological polar surface area (TPSA) is 56.1 Å². The molecule has 0 aliphatic carbocycles. The SMILES string of the molecule is CC(C)(C#N)C(=O)NCCN1CCCC1. The fourth-order valence-electron chi connectivity index (χ4n) is 1.61. The Morgan fingerprint density at radius 1 is 1.47 bits per heavy atom. The van der Waals surface area contributed by atoms with Crippen LogP contribution in [-0.2, 0) is 4.79 Å². The summed E-state index contributed by atoms with van der Waals surface area (Å²) in [6.07, 6.45) is 2.52. The van der Waals surface area contributed by atoms with Crippen molar-refractivity contribution in [3.8, 4) is 6.07 Å². The number of hydrogen-bond donors (Lipinski definition) is 1. The van der Waals surface area contributed by atoms with Crippen molar-refractivity contribution < 1.29 is 4.79 Å². The third-order valence-electron chi connectivity index (χ3n) is 2.76. The second kappa shape index (κ2) is 5.13.